The van der Waals surface area contributed by atoms with Crippen molar-refractivity contribution in [2.45, 2.75) is 0 Å². The van der Waals surface area contributed by atoms with Gasteiger partial charge in [-0.15, -0.1) is 0 Å². The SMILES string of the molecule is C#N.[AlH3].[H-].[Na+]. The van der Waals surface area contributed by atoms with Crippen molar-refractivity contribution in [2.75, 3.05) is 0 Å². The largest absolute Gasteiger partial charge is 1.00 e. The molecule has 0 bridgehead atoms. The molecule has 0 amide bonds. The van der Waals surface area contributed by atoms with Gasteiger partial charge in [0.15, 0.2) is 17.4 Å². The van der Waals surface area contributed by atoms with E-state index in [0.717, 1.165) is 0 Å². The van der Waals surface area contributed by atoms with Gasteiger partial charge in [0.2, 0.25) is 0 Å². The number of nitrogens with zero attached hydrogens (tertiary/aromatic N) is 1. The van der Waals surface area contributed by atoms with Crippen LogP contribution in [0.25, 0.3) is 0 Å². The Morgan fingerprint density at radius 3 is 1.50 bits per heavy atom. The van der Waals surface area contributed by atoms with Crippen molar-refractivity contribution in [2.24, 2.45) is 0 Å². The minimum Gasteiger partial charge on any atom is -1.00 e. The van der Waals surface area contributed by atoms with E-state index in [-0.39, 0.29) is 48.3 Å². The van der Waals surface area contributed by atoms with E-state index >= 15 is 0 Å². The molecule has 4 heavy (non-hydrogen) atoms. The average molecular weight is 81.0 g/mol. The molecule has 0 saturated heterocycles. The van der Waals surface area contributed by atoms with Gasteiger partial charge in [-0.05, 0) is 0 Å². The summed E-state index contributed by atoms with van der Waals surface area (Å²) in [5, 5.41) is 6.50. The van der Waals surface area contributed by atoms with Crippen LogP contribution in [0.3, 0.4) is 0 Å². The maximum atomic E-state index is 6.50. The van der Waals surface area contributed by atoms with Crippen LogP contribution < -0.4 is 29.6 Å². The second kappa shape index (κ2) is 35.1. The maximum absolute atomic E-state index is 6.50. The summed E-state index contributed by atoms with van der Waals surface area (Å²) >= 11 is 0. The topological polar surface area (TPSA) is 23.8 Å². The van der Waals surface area contributed by atoms with Gasteiger partial charge in [-0.2, -0.15) is 0 Å². The first-order valence-corrected chi connectivity index (χ1v) is 0.258. The van der Waals surface area contributed by atoms with Crippen LogP contribution in [0.4, 0.5) is 0 Å². The van der Waals surface area contributed by atoms with E-state index in [1.165, 1.54) is 0 Å². The zero-order valence-electron chi connectivity index (χ0n) is 3.02. The molecule has 3 heteroatoms. The van der Waals surface area contributed by atoms with E-state index in [4.69, 9.17) is 5.26 Å². The third-order valence-electron chi connectivity index (χ3n) is 0. The Morgan fingerprint density at radius 1 is 1.50 bits per heavy atom. The van der Waals surface area contributed by atoms with Crippen molar-refractivity contribution in [1.82, 2.24) is 0 Å². The molecule has 0 rings (SSSR count). The first-order valence-electron chi connectivity index (χ1n) is 0.258. The molecule has 0 saturated carbocycles. The van der Waals surface area contributed by atoms with Gasteiger partial charge in [0.25, 0.3) is 0 Å². The van der Waals surface area contributed by atoms with Gasteiger partial charge in [0.1, 0.15) is 0 Å². The predicted octanol–water partition coefficient (Wildman–Crippen LogP) is -3.93. The first kappa shape index (κ1) is 19.9. The van der Waals surface area contributed by atoms with Crippen LogP contribution in [0.5, 0.6) is 0 Å². The Bertz CT molecular complexity index is 16.4. The van der Waals surface area contributed by atoms with Crippen LogP contribution in [-0.2, 0) is 0 Å². The van der Waals surface area contributed by atoms with Crippen LogP contribution in [0.15, 0.2) is 0 Å². The molecule has 0 aromatic carbocycles. The third-order valence-corrected chi connectivity index (χ3v) is 0. The fourth-order valence-corrected chi connectivity index (χ4v) is 0. The summed E-state index contributed by atoms with van der Waals surface area (Å²) in [7, 11) is 0. The van der Waals surface area contributed by atoms with E-state index in [2.05, 4.69) is 6.57 Å². The summed E-state index contributed by atoms with van der Waals surface area (Å²) in [6.45, 7) is 3.50. The molecule has 0 aliphatic rings. The van der Waals surface area contributed by atoms with Gasteiger partial charge in [-0.3, -0.25) is 0 Å². The molecule has 0 aliphatic carbocycles. The molecule has 0 atom stereocenters. The smallest absolute Gasteiger partial charge is 1.00 e. The minimum atomic E-state index is 0. The Labute approximate surface area is 59.9 Å². The molecule has 0 fully saturated rings. The summed E-state index contributed by atoms with van der Waals surface area (Å²) in [5.74, 6) is 0. The average Bonchev–Trinajstić information content (AvgIpc) is 1.00. The molecule has 0 aromatic rings. The fraction of sp³-hybridized carbons (Fsp3) is 0. The van der Waals surface area contributed by atoms with Gasteiger partial charge in [-0.25, -0.2) is 5.26 Å². The van der Waals surface area contributed by atoms with Crippen molar-refractivity contribution in [1.29, 1.82) is 5.26 Å². The second-order valence-electron chi connectivity index (χ2n) is 0. The zero-order chi connectivity index (χ0) is 2.00. The van der Waals surface area contributed by atoms with Gasteiger partial charge < -0.3 is 1.43 Å². The van der Waals surface area contributed by atoms with Gasteiger partial charge >= 0.3 is 29.6 Å². The van der Waals surface area contributed by atoms with Crippen LogP contribution in [0.1, 0.15) is 1.43 Å². The molecule has 0 radical (unpaired) electrons. The Hall–Kier alpha value is 1.02. The van der Waals surface area contributed by atoms with Crippen molar-refractivity contribution < 1.29 is 31.0 Å². The molecule has 0 spiro atoms. The van der Waals surface area contributed by atoms with E-state index in [1.807, 2.05) is 0 Å². The summed E-state index contributed by atoms with van der Waals surface area (Å²) in [4.78, 5) is 0. The Balaban J connectivity index is -0.00000000167. The van der Waals surface area contributed by atoms with Crippen LogP contribution in [0, 0.1) is 11.8 Å². The molecular formula is CH5AlNNa. The summed E-state index contributed by atoms with van der Waals surface area (Å²) in [5.41, 5.74) is 0. The van der Waals surface area contributed by atoms with Crippen molar-refractivity contribution >= 4 is 17.4 Å². The fourth-order valence-electron chi connectivity index (χ4n) is 0. The molecule has 18 valence electrons. The van der Waals surface area contributed by atoms with Crippen LogP contribution >= 0.6 is 0 Å². The molecule has 0 unspecified atom stereocenters. The van der Waals surface area contributed by atoms with Gasteiger partial charge in [-0.1, -0.05) is 0 Å². The van der Waals surface area contributed by atoms with E-state index in [1.54, 1.807) is 0 Å². The molecule has 0 aromatic heterocycles. The number of rotatable bonds is 0. The van der Waals surface area contributed by atoms with E-state index < -0.39 is 0 Å². The summed E-state index contributed by atoms with van der Waals surface area (Å²) in [6.07, 6.45) is 0. The molecular weight excluding hydrogens is 76.0 g/mol. The van der Waals surface area contributed by atoms with E-state index in [0.29, 0.717) is 0 Å². The number of hydrogen-bond acceptors (Lipinski definition) is 1. The van der Waals surface area contributed by atoms with Crippen LogP contribution in [0.2, 0.25) is 0 Å². The minimum absolute atomic E-state index is 0. The molecule has 0 heterocycles. The molecule has 1 nitrogen and oxygen atoms in total. The zero-order valence-corrected chi connectivity index (χ0v) is 4.02. The van der Waals surface area contributed by atoms with Gasteiger partial charge in [0.05, 0.1) is 0 Å². The standard InChI is InChI=1S/CHN.Al.Na.4H/c1-2;;;;;;/h1H;;;;;;/q;;+1;;;;-1. The first-order chi connectivity index (χ1) is 1.00. The number of nitriles is 1. The third kappa shape index (κ3) is 11.8. The monoisotopic (exact) mass is 81.0 g/mol. The van der Waals surface area contributed by atoms with Crippen molar-refractivity contribution in [3.63, 3.8) is 0 Å². The maximum Gasteiger partial charge on any atom is 1.00 e. The van der Waals surface area contributed by atoms with E-state index in [9.17, 15) is 0 Å². The van der Waals surface area contributed by atoms with Crippen molar-refractivity contribution in [3.05, 3.63) is 0 Å². The van der Waals surface area contributed by atoms with Crippen LogP contribution in [-0.4, -0.2) is 17.4 Å². The molecule has 0 N–H and O–H groups in total. The normalized spacial score (nSPS) is 0.500. The van der Waals surface area contributed by atoms with Gasteiger partial charge in [0, 0.05) is 6.57 Å². The Kier molecular flexibility index (Phi) is 175. The summed E-state index contributed by atoms with van der Waals surface area (Å²) < 4.78 is 0. The van der Waals surface area contributed by atoms with Crippen molar-refractivity contribution in [3.8, 4) is 6.57 Å². The quantitative estimate of drug-likeness (QED) is 0.273. The molecule has 0 aliphatic heterocycles. The summed E-state index contributed by atoms with van der Waals surface area (Å²) in [6, 6.07) is 0. The second-order valence-corrected chi connectivity index (χ2v) is 0. The Morgan fingerprint density at radius 2 is 1.50 bits per heavy atom. The number of hydrogen-bond donors (Lipinski definition) is 0. The predicted molar refractivity (Wildman–Crippen MR) is 17.7 cm³/mol.